The van der Waals surface area contributed by atoms with Gasteiger partial charge < -0.3 is 10.3 Å². The molecular formula is C21H17Cl2N3O2S. The first-order chi connectivity index (χ1) is 13.9. The molecule has 0 saturated carbocycles. The number of aromatic nitrogens is 2. The van der Waals surface area contributed by atoms with Crippen LogP contribution in [0.25, 0.3) is 0 Å². The molecular weight excluding hydrogens is 429 g/mol. The van der Waals surface area contributed by atoms with Gasteiger partial charge in [-0.1, -0.05) is 76.9 Å². The first kappa shape index (κ1) is 20.0. The summed E-state index contributed by atoms with van der Waals surface area (Å²) < 4.78 is 0. The summed E-state index contributed by atoms with van der Waals surface area (Å²) in [7, 11) is 0. The quantitative estimate of drug-likeness (QED) is 0.429. The fraction of sp³-hybridized carbons (Fsp3) is 0.190. The molecule has 1 unspecified atom stereocenters. The van der Waals surface area contributed by atoms with Gasteiger partial charge in [-0.3, -0.25) is 9.59 Å². The normalized spacial score (nSPS) is 15.7. The molecule has 0 aliphatic carbocycles. The van der Waals surface area contributed by atoms with Crippen molar-refractivity contribution in [3.8, 4) is 0 Å². The maximum absolute atomic E-state index is 12.9. The number of benzene rings is 2. The highest BCUT2D eigenvalue weighted by Gasteiger charge is 2.32. The molecule has 2 aromatic carbocycles. The van der Waals surface area contributed by atoms with E-state index in [4.69, 9.17) is 23.2 Å². The number of hydrogen-bond acceptors (Lipinski definition) is 4. The number of carbonyl (C=O) groups excluding carboxylic acids is 1. The van der Waals surface area contributed by atoms with Crippen molar-refractivity contribution in [3.63, 3.8) is 0 Å². The van der Waals surface area contributed by atoms with Crippen molar-refractivity contribution < 1.29 is 4.79 Å². The maximum atomic E-state index is 12.9. The van der Waals surface area contributed by atoms with E-state index >= 15 is 0 Å². The van der Waals surface area contributed by atoms with Crippen LogP contribution in [0, 0.1) is 6.92 Å². The molecule has 0 bridgehead atoms. The molecule has 8 heteroatoms. The van der Waals surface area contributed by atoms with Crippen molar-refractivity contribution in [2.45, 2.75) is 30.2 Å². The van der Waals surface area contributed by atoms with E-state index in [0.29, 0.717) is 32.1 Å². The first-order valence-electron chi connectivity index (χ1n) is 8.98. The van der Waals surface area contributed by atoms with Crippen molar-refractivity contribution >= 4 is 46.7 Å². The number of rotatable bonds is 4. The maximum Gasteiger partial charge on any atom is 0.257 e. The molecule has 3 aromatic rings. The molecule has 1 aliphatic heterocycles. The zero-order chi connectivity index (χ0) is 20.5. The monoisotopic (exact) mass is 445 g/mol. The lowest BCUT2D eigenvalue weighted by Gasteiger charge is -2.25. The average molecular weight is 446 g/mol. The molecule has 1 atom stereocenters. The molecule has 5 nitrogen and oxygen atoms in total. The zero-order valence-electron chi connectivity index (χ0n) is 15.5. The van der Waals surface area contributed by atoms with Gasteiger partial charge in [-0.15, -0.1) is 0 Å². The standard InChI is InChI=1S/C21H17Cl2N3O2S/c1-11-5-7-12(8-6-11)10-29-21-25-19-17(20(28)26-21)14(9-16(27)24-19)13-3-2-4-15(22)18(13)23/h2-8,14H,9-10H2,1H3,(H2,24,25,26,27,28). The number of carbonyl (C=O) groups is 1. The number of aromatic amines is 1. The Morgan fingerprint density at radius 1 is 1.14 bits per heavy atom. The lowest BCUT2D eigenvalue weighted by molar-refractivity contribution is -0.116. The second kappa shape index (κ2) is 8.22. The summed E-state index contributed by atoms with van der Waals surface area (Å²) in [5, 5.41) is 3.90. The molecule has 148 valence electrons. The van der Waals surface area contributed by atoms with Crippen LogP contribution < -0.4 is 10.9 Å². The predicted molar refractivity (Wildman–Crippen MR) is 117 cm³/mol. The largest absolute Gasteiger partial charge is 0.310 e. The lowest BCUT2D eigenvalue weighted by atomic mass is 9.87. The van der Waals surface area contributed by atoms with Crippen LogP contribution in [-0.4, -0.2) is 15.9 Å². The number of anilines is 1. The molecule has 1 aliphatic rings. The van der Waals surface area contributed by atoms with Gasteiger partial charge in [-0.25, -0.2) is 4.98 Å². The third kappa shape index (κ3) is 4.20. The molecule has 2 heterocycles. The highest BCUT2D eigenvalue weighted by molar-refractivity contribution is 7.98. The van der Waals surface area contributed by atoms with Crippen molar-refractivity contribution in [3.05, 3.63) is 85.1 Å². The van der Waals surface area contributed by atoms with E-state index < -0.39 is 5.92 Å². The van der Waals surface area contributed by atoms with Crippen molar-refractivity contribution in [2.75, 3.05) is 5.32 Å². The third-order valence-electron chi connectivity index (χ3n) is 4.78. The summed E-state index contributed by atoms with van der Waals surface area (Å²) in [6, 6.07) is 13.4. The van der Waals surface area contributed by atoms with Crippen LogP contribution in [0.1, 0.15) is 34.6 Å². The Balaban J connectivity index is 1.68. The van der Waals surface area contributed by atoms with Gasteiger partial charge >= 0.3 is 0 Å². The Hall–Kier alpha value is -2.28. The van der Waals surface area contributed by atoms with Crippen LogP contribution in [0.2, 0.25) is 10.0 Å². The van der Waals surface area contributed by atoms with Crippen LogP contribution in [-0.2, 0) is 10.5 Å². The van der Waals surface area contributed by atoms with Crippen LogP contribution in [0.15, 0.2) is 52.4 Å². The molecule has 0 fully saturated rings. The summed E-state index contributed by atoms with van der Waals surface area (Å²) >= 11 is 13.9. The fourth-order valence-corrected chi connectivity index (χ4v) is 4.57. The van der Waals surface area contributed by atoms with Gasteiger partial charge in [0.25, 0.3) is 5.56 Å². The molecule has 1 aromatic heterocycles. The van der Waals surface area contributed by atoms with Crippen molar-refractivity contribution in [1.29, 1.82) is 0 Å². The Morgan fingerprint density at radius 3 is 2.66 bits per heavy atom. The number of aryl methyl sites for hydroxylation is 1. The van der Waals surface area contributed by atoms with E-state index in [0.717, 1.165) is 5.56 Å². The number of halogens is 2. The summed E-state index contributed by atoms with van der Waals surface area (Å²) in [6.45, 7) is 2.03. The van der Waals surface area contributed by atoms with Gasteiger partial charge in [0, 0.05) is 18.1 Å². The highest BCUT2D eigenvalue weighted by Crippen LogP contribution is 2.39. The summed E-state index contributed by atoms with van der Waals surface area (Å²) in [5.74, 6) is 0.209. The Labute approximate surface area is 181 Å². The molecule has 4 rings (SSSR count). The Kier molecular flexibility index (Phi) is 5.67. The van der Waals surface area contributed by atoms with Crippen LogP contribution >= 0.6 is 35.0 Å². The summed E-state index contributed by atoms with van der Waals surface area (Å²) in [6.07, 6.45) is 0.105. The fourth-order valence-electron chi connectivity index (χ4n) is 3.31. The van der Waals surface area contributed by atoms with Gasteiger partial charge in [0.15, 0.2) is 5.16 Å². The van der Waals surface area contributed by atoms with Gasteiger partial charge in [-0.2, -0.15) is 0 Å². The van der Waals surface area contributed by atoms with Crippen LogP contribution in [0.3, 0.4) is 0 Å². The molecule has 0 radical (unpaired) electrons. The minimum atomic E-state index is -0.502. The van der Waals surface area contributed by atoms with Gasteiger partial charge in [0.05, 0.1) is 15.6 Å². The number of fused-ring (bicyclic) bond motifs is 1. The van der Waals surface area contributed by atoms with Gasteiger partial charge in [-0.05, 0) is 24.1 Å². The van der Waals surface area contributed by atoms with E-state index in [-0.39, 0.29) is 23.7 Å². The number of H-pyrrole nitrogens is 1. The van der Waals surface area contributed by atoms with E-state index in [1.807, 2.05) is 31.2 Å². The van der Waals surface area contributed by atoms with Gasteiger partial charge in [0.1, 0.15) is 5.82 Å². The Bertz CT molecular complexity index is 1150. The highest BCUT2D eigenvalue weighted by atomic mass is 35.5. The van der Waals surface area contributed by atoms with Gasteiger partial charge in [0.2, 0.25) is 5.91 Å². The Morgan fingerprint density at radius 2 is 1.90 bits per heavy atom. The second-order valence-electron chi connectivity index (χ2n) is 6.86. The number of nitrogens with zero attached hydrogens (tertiary/aromatic N) is 1. The number of thioether (sulfide) groups is 1. The van der Waals surface area contributed by atoms with E-state index in [9.17, 15) is 9.59 Å². The molecule has 2 N–H and O–H groups in total. The number of hydrogen-bond donors (Lipinski definition) is 2. The molecule has 1 amide bonds. The van der Waals surface area contributed by atoms with E-state index in [1.54, 1.807) is 18.2 Å². The number of nitrogens with one attached hydrogen (secondary N) is 2. The van der Waals surface area contributed by atoms with E-state index in [1.165, 1.54) is 17.3 Å². The molecule has 29 heavy (non-hydrogen) atoms. The van der Waals surface area contributed by atoms with Crippen molar-refractivity contribution in [1.82, 2.24) is 9.97 Å². The smallest absolute Gasteiger partial charge is 0.257 e. The van der Waals surface area contributed by atoms with Crippen molar-refractivity contribution in [2.24, 2.45) is 0 Å². The topological polar surface area (TPSA) is 74.8 Å². The predicted octanol–water partition coefficient (Wildman–Crippen LogP) is 5.15. The average Bonchev–Trinajstić information content (AvgIpc) is 2.69. The molecule has 0 spiro atoms. The van der Waals surface area contributed by atoms with Crippen LogP contribution in [0.5, 0.6) is 0 Å². The first-order valence-corrected chi connectivity index (χ1v) is 10.7. The summed E-state index contributed by atoms with van der Waals surface area (Å²) in [5.41, 5.74) is 3.06. The zero-order valence-corrected chi connectivity index (χ0v) is 17.8. The number of amides is 1. The minimum absolute atomic E-state index is 0.105. The van der Waals surface area contributed by atoms with Crippen LogP contribution in [0.4, 0.5) is 5.82 Å². The lowest BCUT2D eigenvalue weighted by Crippen LogP contribution is -2.31. The third-order valence-corrected chi connectivity index (χ3v) is 6.56. The second-order valence-corrected chi connectivity index (χ2v) is 8.60. The SMILES string of the molecule is Cc1ccc(CSc2nc3c(c(=O)[nH]2)C(c2cccc(Cl)c2Cl)CC(=O)N3)cc1. The minimum Gasteiger partial charge on any atom is -0.310 e. The summed E-state index contributed by atoms with van der Waals surface area (Å²) in [4.78, 5) is 32.5. The van der Waals surface area contributed by atoms with E-state index in [2.05, 4.69) is 15.3 Å². The molecule has 0 saturated heterocycles.